The molecule has 5 rings (SSSR count). The molecule has 1 saturated heterocycles. The fraction of sp³-hybridized carbons (Fsp3) is 0.250. The van der Waals surface area contributed by atoms with Gasteiger partial charge in [-0.05, 0) is 11.1 Å². The molecule has 10 nitrogen and oxygen atoms in total. The lowest BCUT2D eigenvalue weighted by Gasteiger charge is -2.39. The normalized spacial score (nSPS) is 15.2. The second-order valence-corrected chi connectivity index (χ2v) is 8.41. The fourth-order valence-electron chi connectivity index (χ4n) is 4.65. The van der Waals surface area contributed by atoms with Gasteiger partial charge in [-0.1, -0.05) is 60.7 Å². The van der Waals surface area contributed by atoms with Crippen LogP contribution in [0.5, 0.6) is 0 Å². The summed E-state index contributed by atoms with van der Waals surface area (Å²) in [5.41, 5.74) is 7.81. The number of hydrogen-bond donors (Lipinski definition) is 2. The number of benzene rings is 2. The SMILES string of the molecule is Nc1[nH]n2c(=O)cc(CN3CCN(C(c4ccccc4)c4ccccc4)CC3)nc2c1[N+](=O)[O-]. The highest BCUT2D eigenvalue weighted by Crippen LogP contribution is 2.30. The molecule has 0 saturated carbocycles. The first-order valence-electron chi connectivity index (χ1n) is 11.1. The van der Waals surface area contributed by atoms with E-state index in [9.17, 15) is 14.9 Å². The van der Waals surface area contributed by atoms with Gasteiger partial charge in [0.25, 0.3) is 5.56 Å². The molecule has 0 spiro atoms. The van der Waals surface area contributed by atoms with E-state index < -0.39 is 10.5 Å². The topological polar surface area (TPSA) is 126 Å². The molecule has 0 aliphatic carbocycles. The molecule has 1 fully saturated rings. The van der Waals surface area contributed by atoms with Crippen LogP contribution in [0.4, 0.5) is 11.5 Å². The van der Waals surface area contributed by atoms with E-state index in [1.165, 1.54) is 17.2 Å². The minimum Gasteiger partial charge on any atom is -0.378 e. The van der Waals surface area contributed by atoms with Gasteiger partial charge in [-0.25, -0.2) is 4.98 Å². The van der Waals surface area contributed by atoms with Crippen LogP contribution in [0.25, 0.3) is 5.65 Å². The number of rotatable bonds is 6. The summed E-state index contributed by atoms with van der Waals surface area (Å²) in [5.74, 6) is -0.187. The van der Waals surface area contributed by atoms with Crippen LogP contribution in [-0.2, 0) is 6.54 Å². The van der Waals surface area contributed by atoms with Gasteiger partial charge in [-0.3, -0.25) is 29.8 Å². The predicted molar refractivity (Wildman–Crippen MR) is 128 cm³/mol. The standard InChI is InChI=1S/C24H25N7O3/c25-23-22(31(33)34)24-26-19(15-20(32)30(24)27-23)16-28-11-13-29(14-12-28)21(17-7-3-1-4-8-17)18-9-5-2-6-10-18/h1-10,15,21,27H,11-14,16,25H2. The molecule has 34 heavy (non-hydrogen) atoms. The first kappa shape index (κ1) is 21.8. The van der Waals surface area contributed by atoms with Crippen molar-refractivity contribution in [3.05, 3.63) is 104 Å². The predicted octanol–water partition coefficient (Wildman–Crippen LogP) is 2.42. The highest BCUT2D eigenvalue weighted by Gasteiger charge is 2.27. The summed E-state index contributed by atoms with van der Waals surface area (Å²) in [7, 11) is 0. The van der Waals surface area contributed by atoms with Crippen molar-refractivity contribution >= 4 is 17.2 Å². The molecule has 4 aromatic rings. The van der Waals surface area contributed by atoms with Gasteiger partial charge >= 0.3 is 5.69 Å². The van der Waals surface area contributed by atoms with Crippen LogP contribution in [-0.4, -0.2) is 55.5 Å². The lowest BCUT2D eigenvalue weighted by atomic mass is 9.96. The Morgan fingerprint density at radius 3 is 2.15 bits per heavy atom. The Kier molecular flexibility index (Phi) is 5.83. The van der Waals surface area contributed by atoms with Crippen molar-refractivity contribution in [2.75, 3.05) is 31.9 Å². The first-order valence-corrected chi connectivity index (χ1v) is 11.1. The molecule has 1 aliphatic rings. The highest BCUT2D eigenvalue weighted by molar-refractivity contribution is 5.71. The van der Waals surface area contributed by atoms with E-state index in [0.717, 1.165) is 30.7 Å². The smallest absolute Gasteiger partial charge is 0.354 e. The summed E-state index contributed by atoms with van der Waals surface area (Å²) >= 11 is 0. The molecule has 3 heterocycles. The number of nitrogens with zero attached hydrogens (tertiary/aromatic N) is 5. The van der Waals surface area contributed by atoms with E-state index in [1.807, 2.05) is 12.1 Å². The van der Waals surface area contributed by atoms with Crippen LogP contribution in [0.1, 0.15) is 22.9 Å². The number of piperazine rings is 1. The van der Waals surface area contributed by atoms with E-state index in [2.05, 4.69) is 68.4 Å². The number of H-pyrrole nitrogens is 1. The molecule has 0 atom stereocenters. The largest absolute Gasteiger partial charge is 0.378 e. The summed E-state index contributed by atoms with van der Waals surface area (Å²) in [6.45, 7) is 3.69. The fourth-order valence-corrected chi connectivity index (χ4v) is 4.65. The average molecular weight is 460 g/mol. The van der Waals surface area contributed by atoms with E-state index in [1.54, 1.807) is 0 Å². The van der Waals surface area contributed by atoms with Gasteiger partial charge in [0.1, 0.15) is 0 Å². The number of aromatic nitrogens is 3. The number of hydrogen-bond acceptors (Lipinski definition) is 7. The second kappa shape index (κ2) is 9.08. The van der Waals surface area contributed by atoms with Gasteiger partial charge in [-0.15, -0.1) is 0 Å². The van der Waals surface area contributed by atoms with Gasteiger partial charge in [0.05, 0.1) is 16.7 Å². The number of aromatic amines is 1. The molecular formula is C24H25N7O3. The summed E-state index contributed by atoms with van der Waals surface area (Å²) in [5, 5.41) is 13.9. The molecular weight excluding hydrogens is 434 g/mol. The number of nitrogen functional groups attached to an aromatic ring is 1. The Balaban J connectivity index is 1.34. The summed E-state index contributed by atoms with van der Waals surface area (Å²) < 4.78 is 1.01. The van der Waals surface area contributed by atoms with E-state index >= 15 is 0 Å². The number of anilines is 1. The maximum absolute atomic E-state index is 12.5. The molecule has 174 valence electrons. The molecule has 0 bridgehead atoms. The monoisotopic (exact) mass is 459 g/mol. The summed E-state index contributed by atoms with van der Waals surface area (Å²) in [4.78, 5) is 32.3. The van der Waals surface area contributed by atoms with Crippen LogP contribution >= 0.6 is 0 Å². The van der Waals surface area contributed by atoms with Gasteiger partial charge < -0.3 is 5.73 Å². The van der Waals surface area contributed by atoms with Crippen molar-refractivity contribution < 1.29 is 4.92 Å². The maximum atomic E-state index is 12.5. The molecule has 10 heteroatoms. The van der Waals surface area contributed by atoms with E-state index in [-0.39, 0.29) is 23.2 Å². The molecule has 1 aliphatic heterocycles. The number of nitrogens with two attached hydrogens (primary N) is 1. The molecule has 0 unspecified atom stereocenters. The van der Waals surface area contributed by atoms with Crippen LogP contribution in [0.15, 0.2) is 71.5 Å². The van der Waals surface area contributed by atoms with Crippen molar-refractivity contribution in [2.45, 2.75) is 12.6 Å². The van der Waals surface area contributed by atoms with Gasteiger partial charge in [0.2, 0.25) is 5.65 Å². The maximum Gasteiger partial charge on any atom is 0.354 e. The summed E-state index contributed by atoms with van der Waals surface area (Å²) in [6.07, 6.45) is 0. The van der Waals surface area contributed by atoms with Gasteiger partial charge in [0.15, 0.2) is 5.82 Å². The minimum absolute atomic E-state index is 0.0585. The third kappa shape index (κ3) is 4.16. The van der Waals surface area contributed by atoms with Crippen molar-refractivity contribution in [3.8, 4) is 0 Å². The molecule has 3 N–H and O–H groups in total. The Bertz CT molecular complexity index is 1320. The molecule has 2 aromatic heterocycles. The van der Waals surface area contributed by atoms with Crippen molar-refractivity contribution in [2.24, 2.45) is 0 Å². The Morgan fingerprint density at radius 1 is 1.00 bits per heavy atom. The number of fused-ring (bicyclic) bond motifs is 1. The van der Waals surface area contributed by atoms with Crippen LogP contribution in [0.2, 0.25) is 0 Å². The van der Waals surface area contributed by atoms with Crippen LogP contribution < -0.4 is 11.3 Å². The Morgan fingerprint density at radius 2 is 1.59 bits per heavy atom. The lowest BCUT2D eigenvalue weighted by molar-refractivity contribution is -0.382. The van der Waals surface area contributed by atoms with Crippen molar-refractivity contribution in [1.82, 2.24) is 24.4 Å². The van der Waals surface area contributed by atoms with E-state index in [4.69, 9.17) is 5.73 Å². The zero-order valence-corrected chi connectivity index (χ0v) is 18.5. The van der Waals surface area contributed by atoms with Gasteiger partial charge in [0, 0.05) is 38.8 Å². The third-order valence-corrected chi connectivity index (χ3v) is 6.24. The van der Waals surface area contributed by atoms with Crippen molar-refractivity contribution in [1.29, 1.82) is 0 Å². The quantitative estimate of drug-likeness (QED) is 0.335. The second-order valence-electron chi connectivity index (χ2n) is 8.41. The van der Waals surface area contributed by atoms with Gasteiger partial charge in [-0.2, -0.15) is 4.52 Å². The molecule has 0 amide bonds. The first-order chi connectivity index (χ1) is 16.5. The van der Waals surface area contributed by atoms with Crippen molar-refractivity contribution in [3.63, 3.8) is 0 Å². The number of nitro groups is 1. The Labute approximate surface area is 195 Å². The van der Waals surface area contributed by atoms with Crippen LogP contribution in [0.3, 0.4) is 0 Å². The Hall–Kier alpha value is -4.02. The number of nitrogens with one attached hydrogen (secondary N) is 1. The zero-order valence-electron chi connectivity index (χ0n) is 18.5. The third-order valence-electron chi connectivity index (χ3n) is 6.24. The zero-order chi connectivity index (χ0) is 23.7. The van der Waals surface area contributed by atoms with E-state index in [0.29, 0.717) is 12.2 Å². The minimum atomic E-state index is -0.622. The highest BCUT2D eigenvalue weighted by atomic mass is 16.6. The van der Waals surface area contributed by atoms with Crippen LogP contribution in [0, 0.1) is 10.1 Å². The average Bonchev–Trinajstić information content (AvgIpc) is 3.18. The molecule has 2 aromatic carbocycles. The summed E-state index contributed by atoms with van der Waals surface area (Å²) in [6, 6.07) is 22.5. The lowest BCUT2D eigenvalue weighted by Crippen LogP contribution is -2.47. The molecule has 0 radical (unpaired) electrons.